The molecule has 0 heterocycles. The lowest BCUT2D eigenvalue weighted by Gasteiger charge is -2.09. The number of esters is 1. The van der Waals surface area contributed by atoms with E-state index in [0.717, 1.165) is 3.57 Å². The Balaban J connectivity index is 2.82. The molecule has 8 heteroatoms. The third kappa shape index (κ3) is 5.11. The molecular weight excluding hydrogens is 437 g/mol. The maximum Gasteiger partial charge on any atom is 0.323 e. The summed E-state index contributed by atoms with van der Waals surface area (Å²) in [6, 6.07) is 5.21. The van der Waals surface area contributed by atoms with E-state index in [2.05, 4.69) is 48.0 Å². The van der Waals surface area contributed by atoms with Crippen molar-refractivity contribution < 1.29 is 17.9 Å². The lowest BCUT2D eigenvalue weighted by Crippen LogP contribution is -2.24. The molecule has 0 radical (unpaired) electrons. The molecule has 0 bridgehead atoms. The van der Waals surface area contributed by atoms with E-state index in [1.165, 1.54) is 0 Å². The van der Waals surface area contributed by atoms with Crippen LogP contribution < -0.4 is 4.72 Å². The van der Waals surface area contributed by atoms with Crippen LogP contribution in [0.15, 0.2) is 22.7 Å². The standard InChI is InChI=1S/C10H11BrINO4S/c1-2-17-10(14)6-18(15,16)13-9-5-7(12)3-4-8(9)11/h3-5,13H,2,6H2,1H3. The zero-order valence-electron chi connectivity index (χ0n) is 9.44. The molecule has 1 aromatic carbocycles. The maximum absolute atomic E-state index is 11.7. The summed E-state index contributed by atoms with van der Waals surface area (Å²) in [7, 11) is -3.75. The van der Waals surface area contributed by atoms with Crippen molar-refractivity contribution in [2.45, 2.75) is 6.92 Å². The normalized spacial score (nSPS) is 11.1. The second-order valence-corrected chi connectivity index (χ2v) is 7.11. The Kier molecular flexibility index (Phi) is 5.86. The first-order valence-corrected chi connectivity index (χ1v) is 8.47. The number of hydrogen-bond donors (Lipinski definition) is 1. The molecule has 100 valence electrons. The minimum Gasteiger partial charge on any atom is -0.465 e. The van der Waals surface area contributed by atoms with Crippen LogP contribution in [0.2, 0.25) is 0 Å². The molecular formula is C10H11BrINO4S. The molecule has 0 atom stereocenters. The van der Waals surface area contributed by atoms with Gasteiger partial charge in [-0.2, -0.15) is 0 Å². The smallest absolute Gasteiger partial charge is 0.323 e. The number of nitrogens with one attached hydrogen (secondary N) is 1. The second kappa shape index (κ2) is 6.71. The first kappa shape index (κ1) is 15.7. The Morgan fingerprint density at radius 2 is 2.17 bits per heavy atom. The molecule has 0 unspecified atom stereocenters. The number of anilines is 1. The highest BCUT2D eigenvalue weighted by molar-refractivity contribution is 14.1. The molecule has 0 aliphatic rings. The number of ether oxygens (including phenoxy) is 1. The van der Waals surface area contributed by atoms with Crippen LogP contribution in [0.4, 0.5) is 5.69 Å². The van der Waals surface area contributed by atoms with E-state index in [1.54, 1.807) is 19.1 Å². The molecule has 1 N–H and O–H groups in total. The van der Waals surface area contributed by atoms with E-state index in [1.807, 2.05) is 6.07 Å². The lowest BCUT2D eigenvalue weighted by molar-refractivity contribution is -0.139. The third-order valence-corrected chi connectivity index (χ3v) is 4.32. The topological polar surface area (TPSA) is 72.5 Å². The molecule has 5 nitrogen and oxygen atoms in total. The molecule has 0 aliphatic heterocycles. The van der Waals surface area contributed by atoms with E-state index in [-0.39, 0.29) is 6.61 Å². The fourth-order valence-corrected chi connectivity index (χ4v) is 3.08. The molecule has 1 aromatic rings. The van der Waals surface area contributed by atoms with Crippen LogP contribution in [-0.4, -0.2) is 26.7 Å². The fraction of sp³-hybridized carbons (Fsp3) is 0.300. The van der Waals surface area contributed by atoms with Gasteiger partial charge in [-0.3, -0.25) is 9.52 Å². The summed E-state index contributed by atoms with van der Waals surface area (Å²) in [5.74, 6) is -1.47. The molecule has 0 aliphatic carbocycles. The van der Waals surface area contributed by atoms with Gasteiger partial charge in [0, 0.05) is 8.04 Å². The minimum absolute atomic E-state index is 0.154. The van der Waals surface area contributed by atoms with E-state index in [9.17, 15) is 13.2 Å². The van der Waals surface area contributed by atoms with Crippen molar-refractivity contribution in [1.29, 1.82) is 0 Å². The first-order valence-electron chi connectivity index (χ1n) is 4.95. The van der Waals surface area contributed by atoms with Crippen molar-refractivity contribution in [3.05, 3.63) is 26.2 Å². The van der Waals surface area contributed by atoms with Crippen molar-refractivity contribution in [3.8, 4) is 0 Å². The summed E-state index contributed by atoms with van der Waals surface area (Å²) in [5, 5.41) is 0. The monoisotopic (exact) mass is 447 g/mol. The van der Waals surface area contributed by atoms with Gasteiger partial charge in [-0.25, -0.2) is 8.42 Å². The van der Waals surface area contributed by atoms with Crippen molar-refractivity contribution in [3.63, 3.8) is 0 Å². The highest BCUT2D eigenvalue weighted by Gasteiger charge is 2.18. The molecule has 18 heavy (non-hydrogen) atoms. The summed E-state index contributed by atoms with van der Waals surface area (Å²) < 4.78 is 31.8. The highest BCUT2D eigenvalue weighted by atomic mass is 127. The largest absolute Gasteiger partial charge is 0.465 e. The average Bonchev–Trinajstić information content (AvgIpc) is 2.22. The average molecular weight is 448 g/mol. The van der Waals surface area contributed by atoms with Gasteiger partial charge in [0.15, 0.2) is 5.75 Å². The minimum atomic E-state index is -3.75. The lowest BCUT2D eigenvalue weighted by atomic mass is 10.3. The molecule has 0 amide bonds. The number of carbonyl (C=O) groups is 1. The number of rotatable bonds is 5. The SMILES string of the molecule is CCOC(=O)CS(=O)(=O)Nc1cc(I)ccc1Br. The summed E-state index contributed by atoms with van der Waals surface area (Å²) >= 11 is 5.30. The van der Waals surface area contributed by atoms with E-state index in [0.29, 0.717) is 10.2 Å². The fourth-order valence-electron chi connectivity index (χ4n) is 1.14. The van der Waals surface area contributed by atoms with Gasteiger partial charge in [0.1, 0.15) is 0 Å². The van der Waals surface area contributed by atoms with Crippen LogP contribution >= 0.6 is 38.5 Å². The van der Waals surface area contributed by atoms with Gasteiger partial charge in [0.25, 0.3) is 0 Å². The van der Waals surface area contributed by atoms with E-state index < -0.39 is 21.7 Å². The number of benzene rings is 1. The van der Waals surface area contributed by atoms with Crippen molar-refractivity contribution in [2.24, 2.45) is 0 Å². The van der Waals surface area contributed by atoms with Crippen molar-refractivity contribution >= 4 is 60.2 Å². The Morgan fingerprint density at radius 1 is 1.50 bits per heavy atom. The van der Waals surface area contributed by atoms with Crippen molar-refractivity contribution in [2.75, 3.05) is 17.1 Å². The van der Waals surface area contributed by atoms with E-state index >= 15 is 0 Å². The Labute approximate surface area is 128 Å². The molecule has 0 spiro atoms. The summed E-state index contributed by atoms with van der Waals surface area (Å²) in [4.78, 5) is 11.1. The second-order valence-electron chi connectivity index (χ2n) is 3.29. The molecule has 1 rings (SSSR count). The van der Waals surface area contributed by atoms with Gasteiger partial charge >= 0.3 is 5.97 Å². The van der Waals surface area contributed by atoms with E-state index in [4.69, 9.17) is 0 Å². The Hall–Kier alpha value is -0.350. The van der Waals surface area contributed by atoms with Gasteiger partial charge in [-0.1, -0.05) is 0 Å². The van der Waals surface area contributed by atoms with Gasteiger partial charge in [0.05, 0.1) is 12.3 Å². The Morgan fingerprint density at radius 3 is 2.78 bits per heavy atom. The van der Waals surface area contributed by atoms with Crippen LogP contribution in [0.25, 0.3) is 0 Å². The maximum atomic E-state index is 11.7. The van der Waals surface area contributed by atoms with Crippen LogP contribution in [0.5, 0.6) is 0 Å². The van der Waals surface area contributed by atoms with Gasteiger partial charge in [-0.15, -0.1) is 0 Å². The zero-order chi connectivity index (χ0) is 13.8. The summed E-state index contributed by atoms with van der Waals surface area (Å²) in [5.41, 5.74) is 0.395. The van der Waals surface area contributed by atoms with Crippen LogP contribution in [0.1, 0.15) is 6.92 Å². The zero-order valence-corrected chi connectivity index (χ0v) is 14.0. The van der Waals surface area contributed by atoms with Crippen LogP contribution in [0, 0.1) is 3.57 Å². The molecule has 0 saturated heterocycles. The summed E-state index contributed by atoms with van der Waals surface area (Å²) in [6.07, 6.45) is 0. The number of carbonyl (C=O) groups excluding carboxylic acids is 1. The quantitative estimate of drug-likeness (QED) is 0.555. The van der Waals surface area contributed by atoms with Gasteiger partial charge in [0.2, 0.25) is 10.0 Å². The first-order chi connectivity index (χ1) is 8.34. The number of halogens is 2. The van der Waals surface area contributed by atoms with Gasteiger partial charge in [-0.05, 0) is 63.6 Å². The van der Waals surface area contributed by atoms with Gasteiger partial charge < -0.3 is 4.74 Å². The predicted molar refractivity (Wildman–Crippen MR) is 80.9 cm³/mol. The Bertz CT molecular complexity index is 547. The van der Waals surface area contributed by atoms with Crippen LogP contribution in [0.3, 0.4) is 0 Å². The molecule has 0 aromatic heterocycles. The molecule has 0 fully saturated rings. The predicted octanol–water partition coefficient (Wildman–Crippen LogP) is 2.36. The van der Waals surface area contributed by atoms with Crippen molar-refractivity contribution in [1.82, 2.24) is 0 Å². The van der Waals surface area contributed by atoms with Crippen LogP contribution in [-0.2, 0) is 19.6 Å². The highest BCUT2D eigenvalue weighted by Crippen LogP contribution is 2.25. The third-order valence-electron chi connectivity index (χ3n) is 1.81. The number of sulfonamides is 1. The molecule has 0 saturated carbocycles. The number of hydrogen-bond acceptors (Lipinski definition) is 4. The summed E-state index contributed by atoms with van der Waals surface area (Å²) in [6.45, 7) is 1.77.